The average Bonchev–Trinajstić information content (AvgIpc) is 3.20. The molecule has 4 nitrogen and oxygen atoms in total. The van der Waals surface area contributed by atoms with Crippen molar-refractivity contribution in [2.24, 2.45) is 5.92 Å². The molecular weight excluding hydrogens is 242 g/mol. The minimum Gasteiger partial charge on any atom is -0.479 e. The molecule has 0 spiro atoms. The van der Waals surface area contributed by atoms with E-state index >= 15 is 0 Å². The summed E-state index contributed by atoms with van der Waals surface area (Å²) in [5.41, 5.74) is -0.610. The molecule has 0 aliphatic heterocycles. The highest BCUT2D eigenvalue weighted by atomic mass is 16.4. The first-order valence-corrected chi connectivity index (χ1v) is 6.57. The maximum Gasteiger partial charge on any atom is 0.334 e. The first-order valence-electron chi connectivity index (χ1n) is 6.57. The van der Waals surface area contributed by atoms with Crippen molar-refractivity contribution in [3.63, 3.8) is 0 Å². The second-order valence-corrected chi connectivity index (χ2v) is 5.34. The van der Waals surface area contributed by atoms with Crippen LogP contribution in [0.5, 0.6) is 0 Å². The summed E-state index contributed by atoms with van der Waals surface area (Å²) in [7, 11) is 0. The Labute approximate surface area is 113 Å². The number of nitrogens with zero attached hydrogens (tertiary/aromatic N) is 1. The Morgan fingerprint density at radius 3 is 2.32 bits per heavy atom. The molecule has 1 aliphatic rings. The summed E-state index contributed by atoms with van der Waals surface area (Å²) >= 11 is 0. The Morgan fingerprint density at radius 2 is 1.95 bits per heavy atom. The van der Waals surface area contributed by atoms with E-state index in [1.165, 1.54) is 4.90 Å². The van der Waals surface area contributed by atoms with Gasteiger partial charge in [-0.15, -0.1) is 0 Å². The SMILES string of the molecule is CC(C)C(C(=O)O)(c1ccccc1)N(C=O)C1CC1. The van der Waals surface area contributed by atoms with Crippen molar-refractivity contribution in [2.75, 3.05) is 0 Å². The van der Waals surface area contributed by atoms with Crippen molar-refractivity contribution in [3.05, 3.63) is 35.9 Å². The van der Waals surface area contributed by atoms with Crippen molar-refractivity contribution in [3.8, 4) is 0 Å². The van der Waals surface area contributed by atoms with Gasteiger partial charge in [-0.3, -0.25) is 4.79 Å². The summed E-state index contributed by atoms with van der Waals surface area (Å²) in [5.74, 6) is -1.18. The highest BCUT2D eigenvalue weighted by Crippen LogP contribution is 2.42. The van der Waals surface area contributed by atoms with E-state index in [0.29, 0.717) is 12.0 Å². The second-order valence-electron chi connectivity index (χ2n) is 5.34. The number of benzene rings is 1. The topological polar surface area (TPSA) is 57.6 Å². The third kappa shape index (κ3) is 2.11. The van der Waals surface area contributed by atoms with E-state index in [4.69, 9.17) is 0 Å². The van der Waals surface area contributed by atoms with E-state index in [0.717, 1.165) is 12.8 Å². The Kier molecular flexibility index (Phi) is 3.60. The van der Waals surface area contributed by atoms with E-state index < -0.39 is 11.5 Å². The van der Waals surface area contributed by atoms with Crippen LogP contribution in [-0.2, 0) is 15.1 Å². The number of aliphatic carboxylic acids is 1. The molecule has 19 heavy (non-hydrogen) atoms. The molecule has 1 saturated carbocycles. The minimum atomic E-state index is -1.27. The third-order valence-electron chi connectivity index (χ3n) is 3.84. The molecule has 1 N–H and O–H groups in total. The van der Waals surface area contributed by atoms with Gasteiger partial charge in [0.1, 0.15) is 0 Å². The fraction of sp³-hybridized carbons (Fsp3) is 0.467. The molecule has 0 aromatic heterocycles. The van der Waals surface area contributed by atoms with Crippen molar-refractivity contribution in [1.29, 1.82) is 0 Å². The van der Waals surface area contributed by atoms with E-state index in [9.17, 15) is 14.7 Å². The Morgan fingerprint density at radius 1 is 1.37 bits per heavy atom. The molecule has 0 heterocycles. The summed E-state index contributed by atoms with van der Waals surface area (Å²) in [5, 5.41) is 9.83. The molecule has 1 fully saturated rings. The first kappa shape index (κ1) is 13.6. The standard InChI is InChI=1S/C15H19NO3/c1-11(2)15(14(18)19,12-6-4-3-5-7-12)16(10-17)13-8-9-13/h3-7,10-11,13H,8-9H2,1-2H3,(H,18,19). The number of carboxylic acid groups (broad SMARTS) is 1. The summed E-state index contributed by atoms with van der Waals surface area (Å²) in [4.78, 5) is 25.0. The molecule has 102 valence electrons. The molecule has 2 rings (SSSR count). The maximum absolute atomic E-state index is 12.0. The van der Waals surface area contributed by atoms with Crippen molar-refractivity contribution < 1.29 is 14.7 Å². The minimum absolute atomic E-state index is 0.0520. The van der Waals surface area contributed by atoms with Gasteiger partial charge in [-0.1, -0.05) is 44.2 Å². The zero-order chi connectivity index (χ0) is 14.0. The van der Waals surface area contributed by atoms with Gasteiger partial charge in [0.05, 0.1) is 0 Å². The van der Waals surface area contributed by atoms with Crippen LogP contribution in [0, 0.1) is 5.92 Å². The molecular formula is C15H19NO3. The van der Waals surface area contributed by atoms with Gasteiger partial charge in [-0.25, -0.2) is 4.79 Å². The lowest BCUT2D eigenvalue weighted by Crippen LogP contribution is -2.56. The first-order chi connectivity index (χ1) is 9.05. The number of carbonyl (C=O) groups is 2. The number of hydrogen-bond acceptors (Lipinski definition) is 2. The fourth-order valence-electron chi connectivity index (χ4n) is 2.76. The quantitative estimate of drug-likeness (QED) is 0.799. The molecule has 1 unspecified atom stereocenters. The van der Waals surface area contributed by atoms with E-state index in [-0.39, 0.29) is 12.0 Å². The molecule has 1 aromatic rings. The number of hydrogen-bond donors (Lipinski definition) is 1. The van der Waals surface area contributed by atoms with Crippen LogP contribution >= 0.6 is 0 Å². The van der Waals surface area contributed by atoms with Crippen LogP contribution in [0.2, 0.25) is 0 Å². The molecule has 1 atom stereocenters. The average molecular weight is 261 g/mol. The lowest BCUT2D eigenvalue weighted by molar-refractivity contribution is -0.160. The van der Waals surface area contributed by atoms with Gasteiger partial charge in [-0.05, 0) is 24.3 Å². The van der Waals surface area contributed by atoms with Crippen LogP contribution in [0.1, 0.15) is 32.3 Å². The van der Waals surface area contributed by atoms with Crippen LogP contribution in [0.15, 0.2) is 30.3 Å². The predicted molar refractivity (Wildman–Crippen MR) is 71.5 cm³/mol. The van der Waals surface area contributed by atoms with Crippen LogP contribution in [0.4, 0.5) is 0 Å². The summed E-state index contributed by atoms with van der Waals surface area (Å²) in [6.45, 7) is 3.69. The van der Waals surface area contributed by atoms with Crippen LogP contribution in [-0.4, -0.2) is 28.4 Å². The highest BCUT2D eigenvalue weighted by molar-refractivity contribution is 5.84. The van der Waals surface area contributed by atoms with E-state index in [1.54, 1.807) is 12.1 Å². The monoisotopic (exact) mass is 261 g/mol. The highest BCUT2D eigenvalue weighted by Gasteiger charge is 2.52. The van der Waals surface area contributed by atoms with Gasteiger partial charge in [0, 0.05) is 6.04 Å². The van der Waals surface area contributed by atoms with Gasteiger partial charge >= 0.3 is 5.97 Å². The molecule has 1 amide bonds. The number of rotatable bonds is 6. The largest absolute Gasteiger partial charge is 0.479 e. The van der Waals surface area contributed by atoms with E-state index in [1.807, 2.05) is 32.0 Å². The normalized spacial score (nSPS) is 17.8. The number of carbonyl (C=O) groups excluding carboxylic acids is 1. The van der Waals surface area contributed by atoms with Crippen LogP contribution in [0.3, 0.4) is 0 Å². The van der Waals surface area contributed by atoms with Gasteiger partial charge in [0.2, 0.25) is 6.41 Å². The van der Waals surface area contributed by atoms with Crippen LogP contribution < -0.4 is 0 Å². The predicted octanol–water partition coefficient (Wildman–Crippen LogP) is 2.24. The lowest BCUT2D eigenvalue weighted by atomic mass is 9.78. The van der Waals surface area contributed by atoms with Crippen LogP contribution in [0.25, 0.3) is 0 Å². The molecule has 1 aliphatic carbocycles. The van der Waals surface area contributed by atoms with Crippen molar-refractivity contribution in [2.45, 2.75) is 38.3 Å². The summed E-state index contributed by atoms with van der Waals surface area (Å²) < 4.78 is 0. The zero-order valence-corrected chi connectivity index (χ0v) is 11.2. The second kappa shape index (κ2) is 5.03. The van der Waals surface area contributed by atoms with Gasteiger partial charge < -0.3 is 10.0 Å². The van der Waals surface area contributed by atoms with Gasteiger partial charge in [0.15, 0.2) is 5.54 Å². The molecule has 1 aromatic carbocycles. The molecule has 4 heteroatoms. The number of carboxylic acids is 1. The Balaban J connectivity index is 2.59. The third-order valence-corrected chi connectivity index (χ3v) is 3.84. The zero-order valence-electron chi connectivity index (χ0n) is 11.2. The van der Waals surface area contributed by atoms with Gasteiger partial charge in [-0.2, -0.15) is 0 Å². The summed E-state index contributed by atoms with van der Waals surface area (Å²) in [6, 6.07) is 9.09. The Hall–Kier alpha value is -1.84. The maximum atomic E-state index is 12.0. The Bertz CT molecular complexity index is 468. The smallest absolute Gasteiger partial charge is 0.334 e. The lowest BCUT2D eigenvalue weighted by Gasteiger charge is -2.42. The molecule has 0 bridgehead atoms. The van der Waals surface area contributed by atoms with Crippen molar-refractivity contribution >= 4 is 12.4 Å². The fourth-order valence-corrected chi connectivity index (χ4v) is 2.76. The molecule has 0 radical (unpaired) electrons. The summed E-state index contributed by atoms with van der Waals surface area (Å²) in [6.07, 6.45) is 2.46. The van der Waals surface area contributed by atoms with Gasteiger partial charge in [0.25, 0.3) is 0 Å². The van der Waals surface area contributed by atoms with E-state index in [2.05, 4.69) is 0 Å². The van der Waals surface area contributed by atoms with Crippen molar-refractivity contribution in [1.82, 2.24) is 4.90 Å². The number of amides is 1. The molecule has 0 saturated heterocycles.